The lowest BCUT2D eigenvalue weighted by atomic mass is 9.91. The predicted molar refractivity (Wildman–Crippen MR) is 91.8 cm³/mol. The van der Waals surface area contributed by atoms with Gasteiger partial charge < -0.3 is 5.32 Å². The lowest BCUT2D eigenvalue weighted by Gasteiger charge is -2.40. The third-order valence-electron chi connectivity index (χ3n) is 5.02. The number of piperidine rings is 1. The monoisotopic (exact) mass is 288 g/mol. The van der Waals surface area contributed by atoms with Crippen LogP contribution in [0.4, 0.5) is 0 Å². The molecule has 0 spiro atoms. The van der Waals surface area contributed by atoms with E-state index in [-0.39, 0.29) is 0 Å². The van der Waals surface area contributed by atoms with Gasteiger partial charge >= 0.3 is 0 Å². The van der Waals surface area contributed by atoms with Crippen LogP contribution in [0.1, 0.15) is 56.3 Å². The molecule has 0 amide bonds. The van der Waals surface area contributed by atoms with Crippen molar-refractivity contribution in [1.29, 1.82) is 0 Å². The molecule has 118 valence electrons. The molecule has 0 bridgehead atoms. The number of hydrogen-bond acceptors (Lipinski definition) is 2. The fraction of sp³-hybridized carbons (Fsp3) is 0.684. The third-order valence-corrected chi connectivity index (χ3v) is 5.02. The molecule has 3 unspecified atom stereocenters. The Morgan fingerprint density at radius 2 is 1.86 bits per heavy atom. The van der Waals surface area contributed by atoms with Crippen LogP contribution < -0.4 is 5.32 Å². The van der Waals surface area contributed by atoms with Crippen molar-refractivity contribution < 1.29 is 0 Å². The summed E-state index contributed by atoms with van der Waals surface area (Å²) in [6.07, 6.45) is 2.73. The Morgan fingerprint density at radius 3 is 2.48 bits per heavy atom. The number of nitrogens with zero attached hydrogens (tertiary/aromatic N) is 1. The molecule has 1 aliphatic heterocycles. The standard InChI is InChI=1S/C19H32N2/c1-6-20-19(18-11-14(2)10-15(3)12-18)13-21-9-7-8-16(4)17(21)5/h10-12,16-17,19-20H,6-9,13H2,1-5H3. The first kappa shape index (κ1) is 16.5. The Balaban J connectivity index is 2.14. The van der Waals surface area contributed by atoms with E-state index in [0.29, 0.717) is 12.1 Å². The van der Waals surface area contributed by atoms with Gasteiger partial charge in [-0.15, -0.1) is 0 Å². The maximum Gasteiger partial charge on any atom is 0.0449 e. The lowest BCUT2D eigenvalue weighted by molar-refractivity contribution is 0.102. The topological polar surface area (TPSA) is 15.3 Å². The van der Waals surface area contributed by atoms with Crippen molar-refractivity contribution in [1.82, 2.24) is 10.2 Å². The van der Waals surface area contributed by atoms with E-state index in [2.05, 4.69) is 63.0 Å². The van der Waals surface area contributed by atoms with Gasteiger partial charge in [0.1, 0.15) is 0 Å². The quantitative estimate of drug-likeness (QED) is 0.878. The molecule has 0 aliphatic carbocycles. The predicted octanol–water partition coefficient (Wildman–Crippen LogP) is 4.07. The van der Waals surface area contributed by atoms with Crippen molar-refractivity contribution in [2.45, 2.75) is 59.5 Å². The van der Waals surface area contributed by atoms with Crippen molar-refractivity contribution in [3.63, 3.8) is 0 Å². The summed E-state index contributed by atoms with van der Waals surface area (Å²) >= 11 is 0. The van der Waals surface area contributed by atoms with Crippen molar-refractivity contribution in [2.24, 2.45) is 5.92 Å². The molecule has 1 N–H and O–H groups in total. The second kappa shape index (κ2) is 7.42. The summed E-state index contributed by atoms with van der Waals surface area (Å²) in [6, 6.07) is 8.10. The average Bonchev–Trinajstić information content (AvgIpc) is 2.42. The summed E-state index contributed by atoms with van der Waals surface area (Å²) in [7, 11) is 0. The summed E-state index contributed by atoms with van der Waals surface area (Å²) in [6.45, 7) is 14.8. The zero-order valence-electron chi connectivity index (χ0n) is 14.4. The second-order valence-electron chi connectivity index (χ2n) is 6.89. The van der Waals surface area contributed by atoms with Gasteiger partial charge in [-0.25, -0.2) is 0 Å². The van der Waals surface area contributed by atoms with Crippen molar-refractivity contribution in [3.8, 4) is 0 Å². The highest BCUT2D eigenvalue weighted by atomic mass is 15.2. The molecule has 1 aromatic rings. The Bertz CT molecular complexity index is 435. The summed E-state index contributed by atoms with van der Waals surface area (Å²) in [5.41, 5.74) is 4.18. The van der Waals surface area contributed by atoms with Crippen LogP contribution in [0, 0.1) is 19.8 Å². The maximum atomic E-state index is 3.69. The van der Waals surface area contributed by atoms with Crippen molar-refractivity contribution >= 4 is 0 Å². The van der Waals surface area contributed by atoms with Crippen LogP contribution in [0.2, 0.25) is 0 Å². The van der Waals surface area contributed by atoms with E-state index >= 15 is 0 Å². The minimum atomic E-state index is 0.446. The normalized spacial score (nSPS) is 25.0. The molecule has 3 atom stereocenters. The van der Waals surface area contributed by atoms with Gasteiger partial charge in [0.2, 0.25) is 0 Å². The minimum Gasteiger partial charge on any atom is -0.309 e. The van der Waals surface area contributed by atoms with Gasteiger partial charge in [-0.2, -0.15) is 0 Å². The Hall–Kier alpha value is -0.860. The summed E-state index contributed by atoms with van der Waals surface area (Å²) in [5, 5.41) is 3.69. The van der Waals surface area contributed by atoms with Gasteiger partial charge in [0, 0.05) is 18.6 Å². The lowest BCUT2D eigenvalue weighted by Crippen LogP contribution is -2.46. The van der Waals surface area contributed by atoms with E-state index in [1.807, 2.05) is 0 Å². The Morgan fingerprint density at radius 1 is 1.19 bits per heavy atom. The van der Waals surface area contributed by atoms with E-state index in [1.54, 1.807) is 0 Å². The smallest absolute Gasteiger partial charge is 0.0449 e. The fourth-order valence-corrected chi connectivity index (χ4v) is 3.66. The molecule has 0 saturated carbocycles. The van der Waals surface area contributed by atoms with E-state index in [9.17, 15) is 0 Å². The van der Waals surface area contributed by atoms with Crippen molar-refractivity contribution in [3.05, 3.63) is 34.9 Å². The highest BCUT2D eigenvalue weighted by Gasteiger charge is 2.26. The molecule has 1 heterocycles. The minimum absolute atomic E-state index is 0.446. The molecule has 1 saturated heterocycles. The van der Waals surface area contributed by atoms with Gasteiger partial charge in [-0.1, -0.05) is 43.2 Å². The number of aryl methyl sites for hydroxylation is 2. The molecule has 2 heteroatoms. The van der Waals surface area contributed by atoms with Gasteiger partial charge in [0.05, 0.1) is 0 Å². The van der Waals surface area contributed by atoms with Crippen LogP contribution >= 0.6 is 0 Å². The zero-order valence-corrected chi connectivity index (χ0v) is 14.4. The largest absolute Gasteiger partial charge is 0.309 e. The number of likely N-dealkylation sites (N-methyl/N-ethyl adjacent to an activating group) is 1. The first-order chi connectivity index (χ1) is 10.0. The van der Waals surface area contributed by atoms with Crippen molar-refractivity contribution in [2.75, 3.05) is 19.6 Å². The van der Waals surface area contributed by atoms with Crippen LogP contribution in [0.15, 0.2) is 18.2 Å². The molecule has 0 radical (unpaired) electrons. The van der Waals surface area contributed by atoms with E-state index < -0.39 is 0 Å². The highest BCUT2D eigenvalue weighted by molar-refractivity contribution is 5.31. The van der Waals surface area contributed by atoms with Crippen LogP contribution in [0.25, 0.3) is 0 Å². The molecule has 1 aliphatic rings. The Kier molecular flexibility index (Phi) is 5.83. The Labute approximate surface area is 130 Å². The summed E-state index contributed by atoms with van der Waals surface area (Å²) in [5.74, 6) is 0.820. The van der Waals surface area contributed by atoms with Gasteiger partial charge in [0.25, 0.3) is 0 Å². The molecular weight excluding hydrogens is 256 g/mol. The molecule has 21 heavy (non-hydrogen) atoms. The number of rotatable bonds is 5. The van der Waals surface area contributed by atoms with E-state index in [4.69, 9.17) is 0 Å². The van der Waals surface area contributed by atoms with Gasteiger partial charge in [-0.05, 0) is 58.2 Å². The van der Waals surface area contributed by atoms with E-state index in [1.165, 1.54) is 36.1 Å². The molecule has 1 aromatic carbocycles. The SMILES string of the molecule is CCNC(CN1CCCC(C)C1C)c1cc(C)cc(C)c1. The van der Waals surface area contributed by atoms with Crippen LogP contribution in [-0.4, -0.2) is 30.6 Å². The van der Waals surface area contributed by atoms with Crippen LogP contribution in [0.3, 0.4) is 0 Å². The first-order valence-electron chi connectivity index (χ1n) is 8.57. The molecule has 0 aromatic heterocycles. The number of benzene rings is 1. The zero-order chi connectivity index (χ0) is 15.4. The average molecular weight is 288 g/mol. The van der Waals surface area contributed by atoms with Gasteiger partial charge in [-0.3, -0.25) is 4.90 Å². The highest BCUT2D eigenvalue weighted by Crippen LogP contribution is 2.26. The molecule has 1 fully saturated rings. The molecule has 2 nitrogen and oxygen atoms in total. The molecular formula is C19H32N2. The maximum absolute atomic E-state index is 3.69. The summed E-state index contributed by atoms with van der Waals surface area (Å²) in [4.78, 5) is 2.68. The fourth-order valence-electron chi connectivity index (χ4n) is 3.66. The van der Waals surface area contributed by atoms with Crippen LogP contribution in [0.5, 0.6) is 0 Å². The third kappa shape index (κ3) is 4.31. The van der Waals surface area contributed by atoms with Crippen LogP contribution in [-0.2, 0) is 0 Å². The molecule has 2 rings (SSSR count). The second-order valence-corrected chi connectivity index (χ2v) is 6.89. The number of hydrogen-bond donors (Lipinski definition) is 1. The summed E-state index contributed by atoms with van der Waals surface area (Å²) < 4.78 is 0. The van der Waals surface area contributed by atoms with Gasteiger partial charge in [0.15, 0.2) is 0 Å². The first-order valence-corrected chi connectivity index (χ1v) is 8.57. The number of nitrogens with one attached hydrogen (secondary N) is 1. The number of likely N-dealkylation sites (tertiary alicyclic amines) is 1. The van der Waals surface area contributed by atoms with E-state index in [0.717, 1.165) is 19.0 Å².